The summed E-state index contributed by atoms with van der Waals surface area (Å²) in [7, 11) is 0. The highest BCUT2D eigenvalue weighted by molar-refractivity contribution is 8.03. The largest absolute Gasteiger partial charge is 0.462 e. The van der Waals surface area contributed by atoms with Gasteiger partial charge < -0.3 is 20.1 Å². The number of fused-ring (bicyclic) bond motifs is 2. The number of thioether (sulfide) groups is 2. The van der Waals surface area contributed by atoms with E-state index < -0.39 is 0 Å². The van der Waals surface area contributed by atoms with Gasteiger partial charge in [-0.1, -0.05) is 60.5 Å². The van der Waals surface area contributed by atoms with E-state index in [9.17, 15) is 19.2 Å². The Morgan fingerprint density at radius 1 is 0.617 bits per heavy atom. The SMILES string of the molecule is CCOC(=O)c1c(NC(=O)CSc2nnc(SCC(=O)Nc3sc4c(c3C(=O)OCC)CCCCCC4)s2)sc2c1CCCCCC2. The smallest absolute Gasteiger partial charge is 0.341 e. The van der Waals surface area contributed by atoms with Crippen molar-refractivity contribution in [3.8, 4) is 0 Å². The summed E-state index contributed by atoms with van der Waals surface area (Å²) < 4.78 is 11.9. The van der Waals surface area contributed by atoms with Gasteiger partial charge in [0.25, 0.3) is 0 Å². The Morgan fingerprint density at radius 2 is 1.02 bits per heavy atom. The lowest BCUT2D eigenvalue weighted by Gasteiger charge is -2.11. The number of hydrogen-bond acceptors (Lipinski definition) is 13. The average Bonchev–Trinajstić information content (AvgIpc) is 3.70. The number of thiophene rings is 2. The highest BCUT2D eigenvalue weighted by Crippen LogP contribution is 2.39. The summed E-state index contributed by atoms with van der Waals surface area (Å²) in [5.74, 6) is -1.04. The fraction of sp³-hybridized carbons (Fsp3) is 0.562. The molecule has 2 N–H and O–H groups in total. The van der Waals surface area contributed by atoms with Crippen LogP contribution in [0.25, 0.3) is 0 Å². The Bertz CT molecular complexity index is 1470. The monoisotopic (exact) mass is 736 g/mol. The number of nitrogens with one attached hydrogen (secondary N) is 2. The second kappa shape index (κ2) is 17.8. The molecule has 0 radical (unpaired) electrons. The number of carbonyl (C=O) groups is 4. The minimum atomic E-state index is -0.384. The molecule has 5 rings (SSSR count). The van der Waals surface area contributed by atoms with Gasteiger partial charge in [0.2, 0.25) is 11.8 Å². The third-order valence-electron chi connectivity index (χ3n) is 7.85. The van der Waals surface area contributed by atoms with E-state index in [2.05, 4.69) is 20.8 Å². The standard InChI is InChI=1S/C32H40N4O6S5/c1-3-41-29(39)25-19-13-9-5-7-11-15-21(19)45-27(25)33-23(37)17-43-31-35-36-32(47-31)44-18-24(38)34-28-26(30(40)42-4-2)20-14-10-6-8-12-16-22(20)46-28/h3-18H2,1-2H3,(H,33,37)(H,34,38). The molecule has 47 heavy (non-hydrogen) atoms. The van der Waals surface area contributed by atoms with Crippen molar-refractivity contribution >= 4 is 91.3 Å². The minimum Gasteiger partial charge on any atom is -0.462 e. The number of hydrogen-bond donors (Lipinski definition) is 2. The second-order valence-electron chi connectivity index (χ2n) is 11.2. The topological polar surface area (TPSA) is 137 Å². The number of aryl methyl sites for hydroxylation is 2. The first-order chi connectivity index (χ1) is 22.9. The fourth-order valence-corrected chi connectivity index (χ4v) is 11.0. The summed E-state index contributed by atoms with van der Waals surface area (Å²) in [6.07, 6.45) is 12.2. The molecule has 254 valence electrons. The summed E-state index contributed by atoms with van der Waals surface area (Å²) in [5.41, 5.74) is 3.05. The van der Waals surface area contributed by atoms with Crippen LogP contribution in [0.1, 0.15) is 107 Å². The van der Waals surface area contributed by atoms with E-state index in [0.29, 0.717) is 29.8 Å². The van der Waals surface area contributed by atoms with Gasteiger partial charge in [0, 0.05) is 9.75 Å². The Balaban J connectivity index is 1.16. The van der Waals surface area contributed by atoms with Crippen molar-refractivity contribution in [2.24, 2.45) is 0 Å². The van der Waals surface area contributed by atoms with Crippen molar-refractivity contribution in [1.82, 2.24) is 10.2 Å². The Kier molecular flexibility index (Phi) is 13.6. The summed E-state index contributed by atoms with van der Waals surface area (Å²) >= 11 is 6.79. The van der Waals surface area contributed by atoms with Gasteiger partial charge in [-0.2, -0.15) is 0 Å². The van der Waals surface area contributed by atoms with E-state index in [1.165, 1.54) is 70.4 Å². The number of amides is 2. The third kappa shape index (κ3) is 9.58. The number of carbonyl (C=O) groups excluding carboxylic acids is 4. The van der Waals surface area contributed by atoms with E-state index in [4.69, 9.17) is 9.47 Å². The van der Waals surface area contributed by atoms with Crippen LogP contribution >= 0.6 is 57.5 Å². The number of aromatic nitrogens is 2. The van der Waals surface area contributed by atoms with Crippen molar-refractivity contribution in [3.63, 3.8) is 0 Å². The Hall–Kier alpha value is -2.46. The predicted molar refractivity (Wildman–Crippen MR) is 191 cm³/mol. The number of esters is 2. The lowest BCUT2D eigenvalue weighted by Crippen LogP contribution is -2.17. The molecule has 0 bridgehead atoms. The van der Waals surface area contributed by atoms with Crippen molar-refractivity contribution in [1.29, 1.82) is 0 Å². The molecule has 3 aromatic rings. The molecule has 10 nitrogen and oxygen atoms in total. The first kappa shape index (κ1) is 35.8. The van der Waals surface area contributed by atoms with E-state index in [-0.39, 0.29) is 48.5 Å². The zero-order chi connectivity index (χ0) is 33.2. The zero-order valence-electron chi connectivity index (χ0n) is 26.7. The van der Waals surface area contributed by atoms with Crippen LogP contribution in [-0.4, -0.2) is 58.7 Å². The minimum absolute atomic E-state index is 0.101. The van der Waals surface area contributed by atoms with Gasteiger partial charge in [-0.25, -0.2) is 9.59 Å². The molecular weight excluding hydrogens is 697 g/mol. The van der Waals surface area contributed by atoms with E-state index in [0.717, 1.165) is 85.1 Å². The van der Waals surface area contributed by atoms with Gasteiger partial charge in [0.15, 0.2) is 8.68 Å². The normalized spacial score (nSPS) is 14.9. The molecule has 0 saturated carbocycles. The molecule has 0 atom stereocenters. The Labute approximate surface area is 295 Å². The van der Waals surface area contributed by atoms with Crippen LogP contribution in [0.4, 0.5) is 10.0 Å². The highest BCUT2D eigenvalue weighted by Gasteiger charge is 2.28. The van der Waals surface area contributed by atoms with Crippen LogP contribution in [0.15, 0.2) is 8.68 Å². The van der Waals surface area contributed by atoms with Crippen LogP contribution in [0.5, 0.6) is 0 Å². The number of ether oxygens (including phenoxy) is 2. The first-order valence-electron chi connectivity index (χ1n) is 16.2. The van der Waals surface area contributed by atoms with Gasteiger partial charge in [0.1, 0.15) is 10.0 Å². The second-order valence-corrected chi connectivity index (χ2v) is 16.8. The highest BCUT2D eigenvalue weighted by atomic mass is 32.2. The van der Waals surface area contributed by atoms with Crippen molar-refractivity contribution in [3.05, 3.63) is 32.0 Å². The quantitative estimate of drug-likeness (QED) is 0.140. The van der Waals surface area contributed by atoms with Crippen molar-refractivity contribution in [2.75, 3.05) is 35.4 Å². The molecule has 2 aliphatic carbocycles. The lowest BCUT2D eigenvalue weighted by molar-refractivity contribution is -0.114. The van der Waals surface area contributed by atoms with E-state index in [1.54, 1.807) is 13.8 Å². The molecule has 0 fully saturated rings. The Morgan fingerprint density at radius 3 is 1.43 bits per heavy atom. The van der Waals surface area contributed by atoms with Gasteiger partial charge in [-0.05, 0) is 76.3 Å². The lowest BCUT2D eigenvalue weighted by atomic mass is 9.96. The van der Waals surface area contributed by atoms with Crippen molar-refractivity contribution < 1.29 is 28.7 Å². The molecule has 2 aliphatic rings. The molecule has 0 saturated heterocycles. The first-order valence-corrected chi connectivity index (χ1v) is 20.6. The molecule has 0 aromatic carbocycles. The van der Waals surface area contributed by atoms with Gasteiger partial charge in [-0.3, -0.25) is 9.59 Å². The van der Waals surface area contributed by atoms with Gasteiger partial charge in [0.05, 0.1) is 35.8 Å². The van der Waals surface area contributed by atoms with Gasteiger partial charge in [-0.15, -0.1) is 32.9 Å². The average molecular weight is 737 g/mol. The predicted octanol–water partition coefficient (Wildman–Crippen LogP) is 7.79. The molecule has 15 heteroatoms. The fourth-order valence-electron chi connectivity index (χ4n) is 5.75. The van der Waals surface area contributed by atoms with E-state index in [1.807, 2.05) is 0 Å². The molecule has 3 aromatic heterocycles. The molecule has 0 unspecified atom stereocenters. The van der Waals surface area contributed by atoms with Gasteiger partial charge >= 0.3 is 11.9 Å². The molecule has 0 spiro atoms. The maximum absolute atomic E-state index is 13.0. The molecule has 3 heterocycles. The molecular formula is C32H40N4O6S5. The number of nitrogens with zero attached hydrogens (tertiary/aromatic N) is 2. The van der Waals surface area contributed by atoms with Crippen LogP contribution in [-0.2, 0) is 44.7 Å². The maximum atomic E-state index is 13.0. The summed E-state index contributed by atoms with van der Waals surface area (Å²) in [6, 6.07) is 0. The number of anilines is 2. The van der Waals surface area contributed by atoms with Crippen LogP contribution in [0.2, 0.25) is 0 Å². The third-order valence-corrected chi connectivity index (χ3v) is 13.5. The molecule has 2 amide bonds. The van der Waals surface area contributed by atoms with Crippen LogP contribution in [0, 0.1) is 0 Å². The zero-order valence-corrected chi connectivity index (χ0v) is 30.8. The van der Waals surface area contributed by atoms with Crippen LogP contribution < -0.4 is 10.6 Å². The summed E-state index contributed by atoms with van der Waals surface area (Å²) in [6.45, 7) is 4.11. The maximum Gasteiger partial charge on any atom is 0.341 e. The number of rotatable bonds is 12. The molecule has 0 aliphatic heterocycles. The summed E-state index contributed by atoms with van der Waals surface area (Å²) in [4.78, 5) is 54.0. The van der Waals surface area contributed by atoms with E-state index >= 15 is 0 Å². The van der Waals surface area contributed by atoms with Crippen molar-refractivity contribution in [2.45, 2.75) is 99.6 Å². The summed E-state index contributed by atoms with van der Waals surface area (Å²) in [5, 5.41) is 15.4. The van der Waals surface area contributed by atoms with Crippen LogP contribution in [0.3, 0.4) is 0 Å².